The van der Waals surface area contributed by atoms with Crippen molar-refractivity contribution in [2.75, 3.05) is 0 Å². The van der Waals surface area contributed by atoms with Crippen molar-refractivity contribution in [3.05, 3.63) is 50.6 Å². The Hall–Kier alpha value is -0.726. The molecule has 0 aromatic heterocycles. The maximum Gasteiger partial charge on any atom is 0.191 e. The number of hydrogen-bond acceptors (Lipinski definition) is 3. The van der Waals surface area contributed by atoms with Crippen molar-refractivity contribution >= 4 is 15.4 Å². The average Bonchev–Trinajstić information content (AvgIpc) is 2.43. The molecule has 1 fully saturated rings. The molecule has 0 aromatic rings. The first kappa shape index (κ1) is 18.3. The Morgan fingerprint density at radius 2 is 1.57 bits per heavy atom. The van der Waals surface area contributed by atoms with Gasteiger partial charge >= 0.3 is 0 Å². The van der Waals surface area contributed by atoms with E-state index in [9.17, 15) is 0 Å². The van der Waals surface area contributed by atoms with E-state index in [1.54, 1.807) is 0 Å². The number of rotatable bonds is 9. The third-order valence-corrected chi connectivity index (χ3v) is 22.1. The first-order valence-corrected chi connectivity index (χ1v) is 13.5. The molecular formula is C16H30N2OSi2. The van der Waals surface area contributed by atoms with Gasteiger partial charge in [-0.15, -0.1) is 26.3 Å². The van der Waals surface area contributed by atoms with Crippen LogP contribution in [0.5, 0.6) is 0 Å². The van der Waals surface area contributed by atoms with Gasteiger partial charge in [0.2, 0.25) is 0 Å². The highest BCUT2D eigenvalue weighted by atomic mass is 29.3. The van der Waals surface area contributed by atoms with E-state index in [2.05, 4.69) is 26.3 Å². The summed E-state index contributed by atoms with van der Waals surface area (Å²) in [5.41, 5.74) is 12.6. The van der Waals surface area contributed by atoms with Crippen molar-refractivity contribution in [1.29, 1.82) is 0 Å². The molecule has 3 nitrogen and oxygen atoms in total. The molecule has 0 aromatic carbocycles. The second kappa shape index (κ2) is 8.05. The number of nitrogens with two attached hydrogens (primary N) is 2. The standard InChI is InChI=1S/C16H30N2OSi2/c1-5-9-15-10-14-20(11-6-2,16(17)18)21(19-15,12-7-3)13-8-4/h5-8,15-16H,1-4,9-14,17-18H2. The van der Waals surface area contributed by atoms with Crippen LogP contribution in [0.15, 0.2) is 50.6 Å². The third-order valence-electron chi connectivity index (χ3n) is 4.74. The smallest absolute Gasteiger partial charge is 0.191 e. The van der Waals surface area contributed by atoms with Gasteiger partial charge in [-0.3, -0.25) is 0 Å². The second-order valence-corrected chi connectivity index (χ2v) is 18.6. The average molecular weight is 323 g/mol. The Labute approximate surface area is 131 Å². The molecule has 1 heterocycles. The minimum absolute atomic E-state index is 0.248. The highest BCUT2D eigenvalue weighted by Crippen LogP contribution is 2.43. The van der Waals surface area contributed by atoms with Gasteiger partial charge in [-0.25, -0.2) is 0 Å². The van der Waals surface area contributed by atoms with Gasteiger partial charge < -0.3 is 15.9 Å². The first-order valence-electron chi connectivity index (χ1n) is 7.64. The molecule has 0 aliphatic carbocycles. The maximum atomic E-state index is 6.70. The van der Waals surface area contributed by atoms with Gasteiger partial charge in [-0.05, 0) is 31.0 Å². The molecule has 1 rings (SSSR count). The van der Waals surface area contributed by atoms with E-state index < -0.39 is 15.4 Å². The molecular weight excluding hydrogens is 292 g/mol. The molecule has 0 radical (unpaired) electrons. The lowest BCUT2D eigenvalue weighted by molar-refractivity contribution is 0.184. The lowest BCUT2D eigenvalue weighted by Crippen LogP contribution is -2.77. The van der Waals surface area contributed by atoms with Crippen molar-refractivity contribution in [3.63, 3.8) is 0 Å². The fourth-order valence-corrected chi connectivity index (χ4v) is 20.2. The van der Waals surface area contributed by atoms with Gasteiger partial charge in [-0.1, -0.05) is 30.3 Å². The molecule has 1 aliphatic heterocycles. The lowest BCUT2D eigenvalue weighted by atomic mass is 10.2. The zero-order chi connectivity index (χ0) is 15.9. The molecule has 118 valence electrons. The molecule has 1 saturated heterocycles. The van der Waals surface area contributed by atoms with Crippen LogP contribution < -0.4 is 11.5 Å². The fraction of sp³-hybridized carbons (Fsp3) is 0.500. The largest absolute Gasteiger partial charge is 0.416 e. The predicted octanol–water partition coefficient (Wildman–Crippen LogP) is 3.16. The monoisotopic (exact) mass is 322 g/mol. The predicted molar refractivity (Wildman–Crippen MR) is 97.8 cm³/mol. The number of allylic oxidation sites excluding steroid dienone is 3. The SMILES string of the molecule is C=CCC1CC[Si](CC=C)(C(N)N)[Si](CC=C)(CC=C)O1. The van der Waals surface area contributed by atoms with Crippen LogP contribution in [0.3, 0.4) is 0 Å². The molecule has 4 N–H and O–H groups in total. The minimum atomic E-state index is -2.11. The fourth-order valence-electron chi connectivity index (χ4n) is 3.70. The summed E-state index contributed by atoms with van der Waals surface area (Å²) in [6, 6.07) is 3.84. The van der Waals surface area contributed by atoms with Crippen LogP contribution in [0.4, 0.5) is 0 Å². The second-order valence-electron chi connectivity index (χ2n) is 5.96. The summed E-state index contributed by atoms with van der Waals surface area (Å²) in [5, 5.41) is 0. The molecule has 21 heavy (non-hydrogen) atoms. The van der Waals surface area contributed by atoms with Crippen molar-refractivity contribution in [3.8, 4) is 0 Å². The molecule has 0 amide bonds. The lowest BCUT2D eigenvalue weighted by Gasteiger charge is -2.53. The molecule has 0 spiro atoms. The molecule has 2 atom stereocenters. The summed E-state index contributed by atoms with van der Waals surface area (Å²) >= 11 is 0. The van der Waals surface area contributed by atoms with E-state index in [0.717, 1.165) is 37.0 Å². The van der Waals surface area contributed by atoms with Crippen molar-refractivity contribution in [1.82, 2.24) is 0 Å². The van der Waals surface area contributed by atoms with Gasteiger partial charge in [0.05, 0.1) is 0 Å². The maximum absolute atomic E-state index is 6.70. The van der Waals surface area contributed by atoms with Gasteiger partial charge in [0.25, 0.3) is 0 Å². The highest BCUT2D eigenvalue weighted by molar-refractivity contribution is 7.41. The summed E-state index contributed by atoms with van der Waals surface area (Å²) in [7, 11) is -4.09. The zero-order valence-electron chi connectivity index (χ0n) is 13.1. The molecule has 0 saturated carbocycles. The third kappa shape index (κ3) is 3.55. The van der Waals surface area contributed by atoms with Crippen LogP contribution in [0.2, 0.25) is 24.2 Å². The molecule has 2 unspecified atom stereocenters. The van der Waals surface area contributed by atoms with Crippen molar-refractivity contribution in [2.45, 2.75) is 48.9 Å². The van der Waals surface area contributed by atoms with E-state index >= 15 is 0 Å². The van der Waals surface area contributed by atoms with E-state index in [1.807, 2.05) is 24.3 Å². The van der Waals surface area contributed by atoms with Crippen molar-refractivity contribution in [2.24, 2.45) is 11.5 Å². The summed E-state index contributed by atoms with van der Waals surface area (Å²) in [4.78, 5) is 0. The van der Waals surface area contributed by atoms with Crippen molar-refractivity contribution < 1.29 is 4.43 Å². The minimum Gasteiger partial charge on any atom is -0.416 e. The zero-order valence-corrected chi connectivity index (χ0v) is 15.1. The Balaban J connectivity index is 3.29. The summed E-state index contributed by atoms with van der Waals surface area (Å²) < 4.78 is 6.70. The Morgan fingerprint density at radius 3 is 2.00 bits per heavy atom. The van der Waals surface area contributed by atoms with Gasteiger partial charge in [0.1, 0.15) is 7.59 Å². The Morgan fingerprint density at radius 1 is 1.00 bits per heavy atom. The highest BCUT2D eigenvalue weighted by Gasteiger charge is 2.60. The van der Waals surface area contributed by atoms with Crippen LogP contribution in [-0.2, 0) is 4.43 Å². The Bertz CT molecular complexity index is 388. The van der Waals surface area contributed by atoms with Crippen LogP contribution in [-0.4, -0.2) is 27.3 Å². The van der Waals surface area contributed by atoms with E-state index in [0.29, 0.717) is 0 Å². The summed E-state index contributed by atoms with van der Waals surface area (Å²) in [6.45, 7) is 15.7. The van der Waals surface area contributed by atoms with Crippen LogP contribution in [0.25, 0.3) is 0 Å². The van der Waals surface area contributed by atoms with Crippen LogP contribution in [0, 0.1) is 0 Å². The van der Waals surface area contributed by atoms with E-state index in [4.69, 9.17) is 15.9 Å². The molecule has 0 bridgehead atoms. The molecule has 1 aliphatic rings. The van der Waals surface area contributed by atoms with Gasteiger partial charge in [0.15, 0.2) is 7.83 Å². The topological polar surface area (TPSA) is 61.3 Å². The molecule has 5 heteroatoms. The van der Waals surface area contributed by atoms with Crippen LogP contribution >= 0.6 is 0 Å². The summed E-state index contributed by atoms with van der Waals surface area (Å²) in [6.07, 6.45) is 10.1. The van der Waals surface area contributed by atoms with Crippen LogP contribution in [0.1, 0.15) is 12.8 Å². The van der Waals surface area contributed by atoms with E-state index in [-0.39, 0.29) is 11.9 Å². The normalized spacial score (nSPS) is 28.0. The van der Waals surface area contributed by atoms with E-state index in [1.165, 1.54) is 0 Å². The first-order chi connectivity index (χ1) is 10.0. The Kier molecular flexibility index (Phi) is 7.02. The van der Waals surface area contributed by atoms with Gasteiger partial charge in [0, 0.05) is 11.9 Å². The summed E-state index contributed by atoms with van der Waals surface area (Å²) in [5.74, 6) is -0.272. The van der Waals surface area contributed by atoms with Gasteiger partial charge in [-0.2, -0.15) is 0 Å². The quantitative estimate of drug-likeness (QED) is 0.389. The number of hydrogen-bond donors (Lipinski definition) is 2.